The van der Waals surface area contributed by atoms with Crippen molar-refractivity contribution in [2.45, 2.75) is 0 Å². The SMILES string of the molecule is N#Cc1cnc2c(C(=O)O)cnn2c1. The van der Waals surface area contributed by atoms with Crippen LogP contribution in [0.15, 0.2) is 18.6 Å². The number of carbonyl (C=O) groups is 1. The molecule has 0 aliphatic heterocycles. The van der Waals surface area contributed by atoms with Gasteiger partial charge in [0, 0.05) is 6.20 Å². The minimum absolute atomic E-state index is 0.0227. The van der Waals surface area contributed by atoms with E-state index < -0.39 is 5.97 Å². The highest BCUT2D eigenvalue weighted by molar-refractivity contribution is 5.94. The highest BCUT2D eigenvalue weighted by Crippen LogP contribution is 2.07. The first-order valence-corrected chi connectivity index (χ1v) is 3.69. The van der Waals surface area contributed by atoms with Crippen molar-refractivity contribution < 1.29 is 9.90 Å². The second-order valence-electron chi connectivity index (χ2n) is 2.59. The zero-order valence-corrected chi connectivity index (χ0v) is 6.88. The maximum absolute atomic E-state index is 10.7. The van der Waals surface area contributed by atoms with Gasteiger partial charge in [0.05, 0.1) is 18.0 Å². The van der Waals surface area contributed by atoms with Crippen molar-refractivity contribution in [2.24, 2.45) is 0 Å². The molecule has 0 radical (unpaired) electrons. The first-order valence-electron chi connectivity index (χ1n) is 3.69. The van der Waals surface area contributed by atoms with Crippen molar-refractivity contribution in [3.05, 3.63) is 29.7 Å². The number of fused-ring (bicyclic) bond motifs is 1. The molecule has 2 aromatic rings. The van der Waals surface area contributed by atoms with Crippen LogP contribution in [0.25, 0.3) is 5.65 Å². The summed E-state index contributed by atoms with van der Waals surface area (Å²) >= 11 is 0. The molecule has 0 atom stereocenters. The number of aromatic nitrogens is 3. The van der Waals surface area contributed by atoms with Gasteiger partial charge in [-0.3, -0.25) is 0 Å². The lowest BCUT2D eigenvalue weighted by Crippen LogP contribution is -1.97. The van der Waals surface area contributed by atoms with Gasteiger partial charge in [0.15, 0.2) is 5.65 Å². The van der Waals surface area contributed by atoms with Gasteiger partial charge < -0.3 is 5.11 Å². The van der Waals surface area contributed by atoms with Gasteiger partial charge in [0.2, 0.25) is 0 Å². The molecule has 6 nitrogen and oxygen atoms in total. The van der Waals surface area contributed by atoms with Gasteiger partial charge in [-0.15, -0.1) is 0 Å². The first kappa shape index (κ1) is 8.19. The zero-order valence-electron chi connectivity index (χ0n) is 6.88. The van der Waals surface area contributed by atoms with Crippen LogP contribution in [0.4, 0.5) is 0 Å². The Morgan fingerprint density at radius 3 is 3.00 bits per heavy atom. The van der Waals surface area contributed by atoms with Crippen molar-refractivity contribution in [1.29, 1.82) is 5.26 Å². The fourth-order valence-electron chi connectivity index (χ4n) is 1.08. The quantitative estimate of drug-likeness (QED) is 0.694. The van der Waals surface area contributed by atoms with Crippen LogP contribution in [0.3, 0.4) is 0 Å². The van der Waals surface area contributed by atoms with Crippen molar-refractivity contribution in [3.63, 3.8) is 0 Å². The molecule has 0 saturated heterocycles. The van der Waals surface area contributed by atoms with E-state index in [-0.39, 0.29) is 11.2 Å². The lowest BCUT2D eigenvalue weighted by atomic mass is 10.3. The van der Waals surface area contributed by atoms with E-state index in [0.29, 0.717) is 5.56 Å². The predicted molar refractivity (Wildman–Crippen MR) is 44.7 cm³/mol. The number of rotatable bonds is 1. The van der Waals surface area contributed by atoms with Gasteiger partial charge in [-0.25, -0.2) is 14.3 Å². The first-order chi connectivity index (χ1) is 6.72. The molecule has 0 bridgehead atoms. The van der Waals surface area contributed by atoms with Crippen LogP contribution in [0.2, 0.25) is 0 Å². The number of hydrogen-bond donors (Lipinski definition) is 1. The van der Waals surface area contributed by atoms with Crippen LogP contribution >= 0.6 is 0 Å². The number of carboxylic acids is 1. The molecule has 14 heavy (non-hydrogen) atoms. The summed E-state index contributed by atoms with van der Waals surface area (Å²) in [5.41, 5.74) is 0.587. The third kappa shape index (κ3) is 1.08. The second kappa shape index (κ2) is 2.81. The molecule has 2 heterocycles. The van der Waals surface area contributed by atoms with Crippen LogP contribution in [0.1, 0.15) is 15.9 Å². The van der Waals surface area contributed by atoms with Crippen molar-refractivity contribution >= 4 is 11.6 Å². The maximum atomic E-state index is 10.7. The van der Waals surface area contributed by atoms with E-state index >= 15 is 0 Å². The number of nitrogens with zero attached hydrogens (tertiary/aromatic N) is 4. The van der Waals surface area contributed by atoms with E-state index in [1.54, 1.807) is 0 Å². The van der Waals surface area contributed by atoms with Crippen molar-refractivity contribution in [1.82, 2.24) is 14.6 Å². The van der Waals surface area contributed by atoms with Gasteiger partial charge in [-0.1, -0.05) is 0 Å². The number of nitriles is 1. The van der Waals surface area contributed by atoms with Crippen molar-refractivity contribution in [2.75, 3.05) is 0 Å². The molecule has 68 valence electrons. The fraction of sp³-hybridized carbons (Fsp3) is 0. The van der Waals surface area contributed by atoms with E-state index in [4.69, 9.17) is 10.4 Å². The highest BCUT2D eigenvalue weighted by Gasteiger charge is 2.11. The van der Waals surface area contributed by atoms with E-state index in [2.05, 4.69) is 10.1 Å². The summed E-state index contributed by atoms with van der Waals surface area (Å²) in [7, 11) is 0. The Morgan fingerprint density at radius 1 is 1.57 bits per heavy atom. The number of aromatic carboxylic acids is 1. The van der Waals surface area contributed by atoms with Gasteiger partial charge in [0.1, 0.15) is 11.6 Å². The Kier molecular flexibility index (Phi) is 1.65. The molecule has 1 N–H and O–H groups in total. The summed E-state index contributed by atoms with van der Waals surface area (Å²) in [6, 6.07) is 1.89. The van der Waals surface area contributed by atoms with Crippen LogP contribution < -0.4 is 0 Å². The van der Waals surface area contributed by atoms with E-state index in [0.717, 1.165) is 0 Å². The second-order valence-corrected chi connectivity index (χ2v) is 2.59. The van der Waals surface area contributed by atoms with Crippen LogP contribution in [0, 0.1) is 11.3 Å². The lowest BCUT2D eigenvalue weighted by molar-refractivity contribution is 0.0699. The van der Waals surface area contributed by atoms with Gasteiger partial charge in [-0.05, 0) is 0 Å². The highest BCUT2D eigenvalue weighted by atomic mass is 16.4. The smallest absolute Gasteiger partial charge is 0.341 e. The minimum atomic E-state index is -1.09. The third-order valence-electron chi connectivity index (χ3n) is 1.72. The molecule has 0 saturated carbocycles. The van der Waals surface area contributed by atoms with Gasteiger partial charge in [0.25, 0.3) is 0 Å². The molecule has 0 aromatic carbocycles. The van der Waals surface area contributed by atoms with Crippen molar-refractivity contribution in [3.8, 4) is 6.07 Å². The Labute approximate surface area is 78.0 Å². The molecule has 2 rings (SSSR count). The normalized spacial score (nSPS) is 9.93. The van der Waals surface area contributed by atoms with E-state index in [9.17, 15) is 4.79 Å². The molecule has 0 aliphatic rings. The molecule has 0 unspecified atom stereocenters. The predicted octanol–water partition coefficient (Wildman–Crippen LogP) is 0.299. The summed E-state index contributed by atoms with van der Waals surface area (Å²) in [4.78, 5) is 14.5. The molecular formula is C8H4N4O2. The Hall–Kier alpha value is -2.42. The summed E-state index contributed by atoms with van der Waals surface area (Å²) < 4.78 is 1.27. The molecule has 2 aromatic heterocycles. The molecule has 6 heteroatoms. The maximum Gasteiger partial charge on any atom is 0.341 e. The largest absolute Gasteiger partial charge is 0.477 e. The third-order valence-corrected chi connectivity index (χ3v) is 1.72. The van der Waals surface area contributed by atoms with E-state index in [1.807, 2.05) is 6.07 Å². The molecule has 0 amide bonds. The zero-order chi connectivity index (χ0) is 10.1. The monoisotopic (exact) mass is 188 g/mol. The number of carboxylic acid groups (broad SMARTS) is 1. The standard InChI is InChI=1S/C8H4N4O2/c9-1-5-2-10-7-6(8(13)14)3-11-12(7)4-5/h2-4H,(H,13,14). The molecule has 0 spiro atoms. The molecule has 0 fully saturated rings. The Balaban J connectivity index is 2.73. The summed E-state index contributed by atoms with van der Waals surface area (Å²) in [5.74, 6) is -1.09. The summed E-state index contributed by atoms with van der Waals surface area (Å²) in [5, 5.41) is 21.1. The Morgan fingerprint density at radius 2 is 2.36 bits per heavy atom. The lowest BCUT2D eigenvalue weighted by Gasteiger charge is -1.92. The fourth-order valence-corrected chi connectivity index (χ4v) is 1.08. The van der Waals surface area contributed by atoms with Crippen LogP contribution in [-0.2, 0) is 0 Å². The van der Waals surface area contributed by atoms with Gasteiger partial charge in [-0.2, -0.15) is 10.4 Å². The van der Waals surface area contributed by atoms with Crippen LogP contribution in [0.5, 0.6) is 0 Å². The van der Waals surface area contributed by atoms with Crippen LogP contribution in [-0.4, -0.2) is 25.7 Å². The molecular weight excluding hydrogens is 184 g/mol. The molecule has 0 aliphatic carbocycles. The topological polar surface area (TPSA) is 91.3 Å². The average Bonchev–Trinajstić information content (AvgIpc) is 2.59. The summed E-state index contributed by atoms with van der Waals surface area (Å²) in [6.45, 7) is 0. The summed E-state index contributed by atoms with van der Waals surface area (Å²) in [6.07, 6.45) is 3.93. The minimum Gasteiger partial charge on any atom is -0.477 e. The average molecular weight is 188 g/mol. The van der Waals surface area contributed by atoms with Gasteiger partial charge >= 0.3 is 5.97 Å². The Bertz CT molecular complexity index is 552. The number of hydrogen-bond acceptors (Lipinski definition) is 4. The van der Waals surface area contributed by atoms with E-state index in [1.165, 1.54) is 23.1 Å².